The highest BCUT2D eigenvalue weighted by atomic mass is 19.1. The van der Waals surface area contributed by atoms with Gasteiger partial charge >= 0.3 is 0 Å². The Hall–Kier alpha value is -1.71. The summed E-state index contributed by atoms with van der Waals surface area (Å²) in [6.07, 6.45) is 3.75. The van der Waals surface area contributed by atoms with Crippen LogP contribution in [-0.2, 0) is 19.5 Å². The fraction of sp³-hybridized carbons (Fsp3) is 0.455. The highest BCUT2D eigenvalue weighted by Gasteiger charge is 2.23. The van der Waals surface area contributed by atoms with Gasteiger partial charge in [0.1, 0.15) is 5.82 Å². The largest absolute Gasteiger partial charge is 0.299 e. The summed E-state index contributed by atoms with van der Waals surface area (Å²) in [5, 5.41) is 0. The molecule has 25 heavy (non-hydrogen) atoms. The second kappa shape index (κ2) is 7.67. The Morgan fingerprint density at radius 1 is 0.840 bits per heavy atom. The van der Waals surface area contributed by atoms with Gasteiger partial charge in [-0.05, 0) is 67.1 Å². The molecular formula is C22H27FN2. The smallest absolute Gasteiger partial charge is 0.123 e. The predicted octanol–water partition coefficient (Wildman–Crippen LogP) is 4.10. The van der Waals surface area contributed by atoms with E-state index in [-0.39, 0.29) is 5.82 Å². The molecule has 0 unspecified atom stereocenters. The van der Waals surface area contributed by atoms with Crippen LogP contribution in [0.25, 0.3) is 0 Å². The molecule has 0 spiro atoms. The minimum atomic E-state index is -0.148. The standard InChI is InChI=1S/C22H27FN2/c23-22-7-5-18(6-8-22)15-24-12-9-19(10-13-24)16-25-14-11-20-3-1-2-4-21(20)17-25/h1-8,19H,9-17H2. The first-order chi connectivity index (χ1) is 12.3. The lowest BCUT2D eigenvalue weighted by Crippen LogP contribution is -2.40. The number of likely N-dealkylation sites (tertiary alicyclic amines) is 1. The van der Waals surface area contributed by atoms with Crippen molar-refractivity contribution in [3.8, 4) is 0 Å². The number of hydrogen-bond acceptors (Lipinski definition) is 2. The first kappa shape index (κ1) is 16.7. The van der Waals surface area contributed by atoms with Crippen LogP contribution >= 0.6 is 0 Å². The lowest BCUT2D eigenvalue weighted by Gasteiger charge is -2.36. The van der Waals surface area contributed by atoms with Gasteiger partial charge in [0, 0.05) is 26.2 Å². The Kier molecular flexibility index (Phi) is 5.14. The van der Waals surface area contributed by atoms with Crippen molar-refractivity contribution in [2.24, 2.45) is 5.92 Å². The molecule has 0 atom stereocenters. The van der Waals surface area contributed by atoms with Gasteiger partial charge in [0.25, 0.3) is 0 Å². The lowest BCUT2D eigenvalue weighted by molar-refractivity contribution is 0.132. The number of rotatable bonds is 4. The molecule has 0 saturated carbocycles. The van der Waals surface area contributed by atoms with Crippen molar-refractivity contribution in [2.75, 3.05) is 26.2 Å². The van der Waals surface area contributed by atoms with Crippen molar-refractivity contribution >= 4 is 0 Å². The summed E-state index contributed by atoms with van der Waals surface area (Å²) in [6, 6.07) is 15.8. The van der Waals surface area contributed by atoms with Gasteiger partial charge in [0.15, 0.2) is 0 Å². The van der Waals surface area contributed by atoms with Crippen LogP contribution in [0.3, 0.4) is 0 Å². The van der Waals surface area contributed by atoms with Crippen LogP contribution in [0.5, 0.6) is 0 Å². The summed E-state index contributed by atoms with van der Waals surface area (Å²) in [5.74, 6) is 0.667. The number of hydrogen-bond donors (Lipinski definition) is 0. The third-order valence-electron chi connectivity index (χ3n) is 5.75. The van der Waals surface area contributed by atoms with Gasteiger partial charge in [-0.2, -0.15) is 0 Å². The zero-order valence-corrected chi connectivity index (χ0v) is 14.8. The summed E-state index contributed by atoms with van der Waals surface area (Å²) in [4.78, 5) is 5.15. The quantitative estimate of drug-likeness (QED) is 0.828. The molecule has 0 aliphatic carbocycles. The molecule has 2 nitrogen and oxygen atoms in total. The number of nitrogens with zero attached hydrogens (tertiary/aromatic N) is 2. The number of piperidine rings is 1. The zero-order chi connectivity index (χ0) is 17.1. The van der Waals surface area contributed by atoms with E-state index in [0.29, 0.717) is 0 Å². The van der Waals surface area contributed by atoms with E-state index >= 15 is 0 Å². The third-order valence-corrected chi connectivity index (χ3v) is 5.75. The van der Waals surface area contributed by atoms with E-state index in [4.69, 9.17) is 0 Å². The molecule has 0 radical (unpaired) electrons. The summed E-state index contributed by atoms with van der Waals surface area (Å²) in [6.45, 7) is 6.82. The fourth-order valence-electron chi connectivity index (χ4n) is 4.25. The van der Waals surface area contributed by atoms with Gasteiger partial charge in [0.2, 0.25) is 0 Å². The maximum atomic E-state index is 13.0. The SMILES string of the molecule is Fc1ccc(CN2CCC(CN3CCc4ccccc4C3)CC2)cc1. The van der Waals surface area contributed by atoms with E-state index in [1.807, 2.05) is 12.1 Å². The highest BCUT2D eigenvalue weighted by Crippen LogP contribution is 2.24. The van der Waals surface area contributed by atoms with Gasteiger partial charge in [-0.15, -0.1) is 0 Å². The van der Waals surface area contributed by atoms with E-state index in [2.05, 4.69) is 34.1 Å². The normalized spacial score (nSPS) is 19.7. The molecule has 0 aromatic heterocycles. The zero-order valence-electron chi connectivity index (χ0n) is 14.8. The van der Waals surface area contributed by atoms with E-state index in [1.165, 1.54) is 49.0 Å². The molecule has 132 valence electrons. The van der Waals surface area contributed by atoms with Crippen LogP contribution < -0.4 is 0 Å². The molecule has 3 heteroatoms. The Labute approximate surface area is 150 Å². The van der Waals surface area contributed by atoms with Crippen molar-refractivity contribution in [1.29, 1.82) is 0 Å². The first-order valence-electron chi connectivity index (χ1n) is 9.52. The molecule has 4 rings (SSSR count). The monoisotopic (exact) mass is 338 g/mol. The predicted molar refractivity (Wildman–Crippen MR) is 99.8 cm³/mol. The van der Waals surface area contributed by atoms with Gasteiger partial charge in [-0.1, -0.05) is 36.4 Å². The Morgan fingerprint density at radius 2 is 1.56 bits per heavy atom. The van der Waals surface area contributed by atoms with Gasteiger partial charge < -0.3 is 0 Å². The lowest BCUT2D eigenvalue weighted by atomic mass is 9.93. The second-order valence-electron chi connectivity index (χ2n) is 7.60. The molecule has 1 saturated heterocycles. The minimum Gasteiger partial charge on any atom is -0.299 e. The summed E-state index contributed by atoms with van der Waals surface area (Å²) in [7, 11) is 0. The molecule has 2 aliphatic heterocycles. The van der Waals surface area contributed by atoms with Crippen molar-refractivity contribution in [1.82, 2.24) is 9.80 Å². The van der Waals surface area contributed by atoms with Crippen molar-refractivity contribution in [2.45, 2.75) is 32.4 Å². The van der Waals surface area contributed by atoms with Gasteiger partial charge in [0.05, 0.1) is 0 Å². The molecule has 2 heterocycles. The molecule has 2 aromatic carbocycles. The molecular weight excluding hydrogens is 311 g/mol. The van der Waals surface area contributed by atoms with Crippen LogP contribution in [0.2, 0.25) is 0 Å². The molecule has 0 amide bonds. The number of halogens is 1. The Bertz CT molecular complexity index is 689. The maximum absolute atomic E-state index is 13.0. The highest BCUT2D eigenvalue weighted by molar-refractivity contribution is 5.29. The number of benzene rings is 2. The average molecular weight is 338 g/mol. The van der Waals surface area contributed by atoms with Crippen molar-refractivity contribution < 1.29 is 4.39 Å². The Morgan fingerprint density at radius 3 is 2.32 bits per heavy atom. The van der Waals surface area contributed by atoms with E-state index in [9.17, 15) is 4.39 Å². The topological polar surface area (TPSA) is 6.48 Å². The van der Waals surface area contributed by atoms with E-state index in [0.717, 1.165) is 32.1 Å². The van der Waals surface area contributed by atoms with E-state index in [1.54, 1.807) is 12.1 Å². The number of fused-ring (bicyclic) bond motifs is 1. The molecule has 0 bridgehead atoms. The third kappa shape index (κ3) is 4.28. The van der Waals surface area contributed by atoms with Crippen LogP contribution in [0.1, 0.15) is 29.5 Å². The average Bonchev–Trinajstić information content (AvgIpc) is 2.65. The van der Waals surface area contributed by atoms with Crippen LogP contribution in [0.4, 0.5) is 4.39 Å². The minimum absolute atomic E-state index is 0.148. The fourth-order valence-corrected chi connectivity index (χ4v) is 4.25. The summed E-state index contributed by atoms with van der Waals surface area (Å²) in [5.41, 5.74) is 4.27. The Balaban J connectivity index is 1.25. The van der Waals surface area contributed by atoms with Crippen LogP contribution in [0, 0.1) is 11.7 Å². The molecule has 2 aromatic rings. The van der Waals surface area contributed by atoms with Gasteiger partial charge in [-0.3, -0.25) is 9.80 Å². The molecule has 1 fully saturated rings. The summed E-state index contributed by atoms with van der Waals surface area (Å²) >= 11 is 0. The van der Waals surface area contributed by atoms with Gasteiger partial charge in [-0.25, -0.2) is 4.39 Å². The van der Waals surface area contributed by atoms with Crippen molar-refractivity contribution in [3.05, 3.63) is 71.0 Å². The molecule has 0 N–H and O–H groups in total. The van der Waals surface area contributed by atoms with Crippen LogP contribution in [-0.4, -0.2) is 36.0 Å². The first-order valence-corrected chi connectivity index (χ1v) is 9.52. The van der Waals surface area contributed by atoms with Crippen LogP contribution in [0.15, 0.2) is 48.5 Å². The van der Waals surface area contributed by atoms with Crippen molar-refractivity contribution in [3.63, 3.8) is 0 Å². The summed E-state index contributed by atoms with van der Waals surface area (Å²) < 4.78 is 13.0. The second-order valence-corrected chi connectivity index (χ2v) is 7.60. The van der Waals surface area contributed by atoms with E-state index < -0.39 is 0 Å². The maximum Gasteiger partial charge on any atom is 0.123 e. The molecule has 2 aliphatic rings.